The second-order valence-corrected chi connectivity index (χ2v) is 20.7. The molecule has 29 heteroatoms. The number of carbonyl (C=O) groups is 12. The van der Waals surface area contributed by atoms with E-state index < -0.39 is 170 Å². The van der Waals surface area contributed by atoms with Gasteiger partial charge in [-0.3, -0.25) is 52.7 Å². The fourth-order valence-corrected chi connectivity index (χ4v) is 8.50. The largest absolute Gasteiger partial charge is 0.508 e. The molecule has 0 aromatic heterocycles. The maximum absolute atomic E-state index is 14.4. The van der Waals surface area contributed by atoms with E-state index in [0.29, 0.717) is 29.5 Å². The molecule has 3 aromatic rings. The zero-order valence-corrected chi connectivity index (χ0v) is 47.9. The molecule has 0 unspecified atom stereocenters. The van der Waals surface area contributed by atoms with Crippen molar-refractivity contribution in [2.24, 2.45) is 23.1 Å². The van der Waals surface area contributed by atoms with Crippen LogP contribution in [0, 0.1) is 5.92 Å². The van der Waals surface area contributed by atoms with E-state index in [-0.39, 0.29) is 55.9 Å². The Morgan fingerprint density at radius 3 is 1.15 bits per heavy atom. The Kier molecular flexibility index (Phi) is 29.4. The van der Waals surface area contributed by atoms with Crippen LogP contribution in [0.25, 0.3) is 0 Å². The number of carbonyl (C=O) groups excluding carboxylic acids is 9. The zero-order valence-electron chi connectivity index (χ0n) is 47.9. The highest BCUT2D eigenvalue weighted by Gasteiger charge is 2.36. The average molecular weight is 1210 g/mol. The molecule has 3 aromatic carbocycles. The molecular weight excluding hydrogens is 1130 g/mol. The molecule has 9 amide bonds. The van der Waals surface area contributed by atoms with Crippen LogP contribution in [0.1, 0.15) is 102 Å². The number of nitrogens with one attached hydrogen (secondary N) is 8. The number of primary amides is 1. The van der Waals surface area contributed by atoms with Crippen molar-refractivity contribution in [3.05, 3.63) is 89.5 Å². The summed E-state index contributed by atoms with van der Waals surface area (Å²) in [5.74, 6) is -14.1. The summed E-state index contributed by atoms with van der Waals surface area (Å²) < 4.78 is 0. The molecule has 0 bridgehead atoms. The maximum Gasteiger partial charge on any atom is 0.326 e. The number of phenolic OH excluding ortho intramolecular Hbond substituents is 3. The molecule has 0 spiro atoms. The van der Waals surface area contributed by atoms with Crippen molar-refractivity contribution in [2.45, 2.75) is 159 Å². The van der Waals surface area contributed by atoms with Crippen molar-refractivity contribution in [1.29, 1.82) is 0 Å². The Hall–Kier alpha value is -9.38. The van der Waals surface area contributed by atoms with Crippen LogP contribution in [0.2, 0.25) is 0 Å². The van der Waals surface area contributed by atoms with E-state index in [1.807, 2.05) is 0 Å². The lowest BCUT2D eigenvalue weighted by atomic mass is 9.98. The predicted molar refractivity (Wildman–Crippen MR) is 307 cm³/mol. The lowest BCUT2D eigenvalue weighted by Crippen LogP contribution is -2.60. The summed E-state index contributed by atoms with van der Waals surface area (Å²) in [4.78, 5) is 159. The maximum atomic E-state index is 14.4. The van der Waals surface area contributed by atoms with Crippen molar-refractivity contribution in [3.8, 4) is 17.2 Å². The minimum Gasteiger partial charge on any atom is -0.508 e. The molecule has 0 heterocycles. The number of hydrogen-bond acceptors (Lipinski definition) is 17. The highest BCUT2D eigenvalue weighted by atomic mass is 16.4. The fourth-order valence-electron chi connectivity index (χ4n) is 8.50. The van der Waals surface area contributed by atoms with Crippen LogP contribution in [-0.4, -0.2) is 163 Å². The number of unbranched alkanes of at least 4 members (excludes halogenated alkanes) is 1. The SMILES string of the molecule is CC[C@H](C)[C@H](NC(=O)[C@H](CCC(=O)O)NC(=O)[C@H](CCCCN)NC(=O)[C@H](Cc1ccc(O)cc1)NC(=O)[C@H](CCC(=O)O)NC(=O)[C@H](CCC(N)=O)NC(=O)[C@H](C)NC(=O)[C@H](Cc1ccc(O)cc1)NC(=O)[C@@H](N)Cc1ccc(O)cc1)C(=O)O. The molecule has 470 valence electrons. The lowest BCUT2D eigenvalue weighted by molar-refractivity contribution is -0.144. The van der Waals surface area contributed by atoms with Gasteiger partial charge in [0.2, 0.25) is 53.2 Å². The van der Waals surface area contributed by atoms with Gasteiger partial charge in [-0.1, -0.05) is 56.7 Å². The standard InChI is InChI=1S/C57H79N11O18/c1-4-30(2)48(57(85)86)68-54(82)42(22-25-47(75)76)65-51(79)39(7-5-6-26-58)63-56(84)44(29-34-12-18-37(71)19-13-34)67-53(81)41(21-24-46(73)74)64-52(80)40(20-23-45(60)72)62-49(77)31(3)61-55(83)43(28-33-10-16-36(70)17-11-33)66-50(78)38(59)27-32-8-14-35(69)15-9-32/h8-19,30-31,38-44,48,69-71H,4-7,20-29,58-59H2,1-3H3,(H2,60,72)(H,61,83)(H,62,77)(H,63,84)(H,64,80)(H,65,79)(H,66,78)(H,67,81)(H,68,82)(H,73,74)(H,75,76)(H,85,86)/t30-,31-,38-,39-,40-,41-,42-,43-,44-,48-/m0/s1. The van der Waals surface area contributed by atoms with E-state index in [4.69, 9.17) is 17.2 Å². The monoisotopic (exact) mass is 1210 g/mol. The van der Waals surface area contributed by atoms with E-state index >= 15 is 0 Å². The van der Waals surface area contributed by atoms with Gasteiger partial charge < -0.3 is 90.4 Å². The summed E-state index contributed by atoms with van der Waals surface area (Å²) in [5, 5.41) is 78.0. The topological polar surface area (TPSA) is 501 Å². The van der Waals surface area contributed by atoms with E-state index in [9.17, 15) is 88.2 Å². The highest BCUT2D eigenvalue weighted by molar-refractivity contribution is 5.98. The summed E-state index contributed by atoms with van der Waals surface area (Å²) in [6, 6.07) is 3.05. The van der Waals surface area contributed by atoms with Gasteiger partial charge in [-0.25, -0.2) is 4.79 Å². The first kappa shape index (κ1) is 70.9. The van der Waals surface area contributed by atoms with Crippen molar-refractivity contribution >= 4 is 71.1 Å². The third kappa shape index (κ3) is 25.2. The Balaban J connectivity index is 1.94. The van der Waals surface area contributed by atoms with Crippen LogP contribution >= 0.6 is 0 Å². The number of aromatic hydroxyl groups is 3. The van der Waals surface area contributed by atoms with Gasteiger partial charge in [-0.05, 0) is 117 Å². The zero-order chi connectivity index (χ0) is 64.2. The molecular formula is C57H79N11O18. The third-order valence-electron chi connectivity index (χ3n) is 13.7. The molecule has 0 saturated carbocycles. The summed E-state index contributed by atoms with van der Waals surface area (Å²) in [7, 11) is 0. The molecule has 0 aliphatic heterocycles. The second kappa shape index (κ2) is 35.7. The highest BCUT2D eigenvalue weighted by Crippen LogP contribution is 2.17. The van der Waals surface area contributed by atoms with E-state index in [1.165, 1.54) is 67.6 Å². The smallest absolute Gasteiger partial charge is 0.326 e. The molecule has 0 saturated heterocycles. The minimum atomic E-state index is -1.81. The second-order valence-electron chi connectivity index (χ2n) is 20.7. The number of rotatable bonds is 38. The molecule has 0 aliphatic carbocycles. The number of phenols is 3. The summed E-state index contributed by atoms with van der Waals surface area (Å²) >= 11 is 0. The van der Waals surface area contributed by atoms with Gasteiger partial charge in [0, 0.05) is 32.1 Å². The molecule has 3 rings (SSSR count). The Bertz CT molecular complexity index is 2820. The van der Waals surface area contributed by atoms with Crippen molar-refractivity contribution in [1.82, 2.24) is 42.5 Å². The molecule has 86 heavy (non-hydrogen) atoms. The number of nitrogens with two attached hydrogens (primary N) is 3. The number of amides is 9. The van der Waals surface area contributed by atoms with Crippen LogP contribution < -0.4 is 59.7 Å². The van der Waals surface area contributed by atoms with Gasteiger partial charge in [-0.2, -0.15) is 0 Å². The number of hydrogen-bond donors (Lipinski definition) is 17. The van der Waals surface area contributed by atoms with Crippen LogP contribution in [-0.2, 0) is 76.8 Å². The number of benzene rings is 3. The molecule has 0 fully saturated rings. The van der Waals surface area contributed by atoms with Gasteiger partial charge in [0.1, 0.15) is 65.6 Å². The molecule has 0 radical (unpaired) electrons. The average Bonchev–Trinajstić information content (AvgIpc) is 3.60. The lowest BCUT2D eigenvalue weighted by Gasteiger charge is -2.28. The van der Waals surface area contributed by atoms with Crippen LogP contribution in [0.15, 0.2) is 72.8 Å². The molecule has 29 nitrogen and oxygen atoms in total. The Labute approximate surface area is 495 Å². The van der Waals surface area contributed by atoms with Gasteiger partial charge in [-0.15, -0.1) is 0 Å². The number of carboxylic acids is 3. The molecule has 10 atom stereocenters. The van der Waals surface area contributed by atoms with Crippen LogP contribution in [0.4, 0.5) is 0 Å². The first-order valence-electron chi connectivity index (χ1n) is 27.8. The summed E-state index contributed by atoms with van der Waals surface area (Å²) in [6.07, 6.45) is -3.41. The third-order valence-corrected chi connectivity index (χ3v) is 13.7. The normalized spacial score (nSPS) is 14.5. The first-order valence-corrected chi connectivity index (χ1v) is 27.8. The predicted octanol–water partition coefficient (Wildman–Crippen LogP) is -1.69. The summed E-state index contributed by atoms with van der Waals surface area (Å²) in [5.41, 5.74) is 18.7. The number of aliphatic carboxylic acids is 3. The van der Waals surface area contributed by atoms with Crippen LogP contribution in [0.3, 0.4) is 0 Å². The molecule has 20 N–H and O–H groups in total. The Morgan fingerprint density at radius 2 is 0.767 bits per heavy atom. The van der Waals surface area contributed by atoms with Crippen LogP contribution in [0.5, 0.6) is 17.2 Å². The van der Waals surface area contributed by atoms with Gasteiger partial charge in [0.05, 0.1) is 6.04 Å². The van der Waals surface area contributed by atoms with E-state index in [2.05, 4.69) is 42.5 Å². The first-order chi connectivity index (χ1) is 40.6. The van der Waals surface area contributed by atoms with Crippen molar-refractivity contribution < 1.29 is 88.2 Å². The van der Waals surface area contributed by atoms with Crippen molar-refractivity contribution in [3.63, 3.8) is 0 Å². The fraction of sp³-hybridized carbons (Fsp3) is 0.474. The van der Waals surface area contributed by atoms with Gasteiger partial charge in [0.15, 0.2) is 0 Å². The van der Waals surface area contributed by atoms with E-state index in [0.717, 1.165) is 0 Å². The quantitative estimate of drug-likeness (QED) is 0.0285. The van der Waals surface area contributed by atoms with E-state index in [1.54, 1.807) is 26.0 Å². The molecule has 0 aliphatic rings. The van der Waals surface area contributed by atoms with Gasteiger partial charge in [0.25, 0.3) is 0 Å². The Morgan fingerprint density at radius 1 is 0.430 bits per heavy atom. The van der Waals surface area contributed by atoms with Crippen molar-refractivity contribution in [2.75, 3.05) is 6.54 Å². The number of carboxylic acid groups (broad SMARTS) is 3. The summed E-state index contributed by atoms with van der Waals surface area (Å²) in [6.45, 7) is 4.61. The minimum absolute atomic E-state index is 0.00184. The van der Waals surface area contributed by atoms with Gasteiger partial charge >= 0.3 is 17.9 Å².